The topological polar surface area (TPSA) is 89.3 Å². The average molecular weight is 406 g/mol. The monoisotopic (exact) mass is 406 g/mol. The van der Waals surface area contributed by atoms with Gasteiger partial charge in [-0.15, -0.1) is 0 Å². The molecule has 0 aliphatic heterocycles. The molecule has 2 atom stereocenters. The Hall–Kier alpha value is -3.19. The van der Waals surface area contributed by atoms with Gasteiger partial charge in [0.15, 0.2) is 0 Å². The van der Waals surface area contributed by atoms with Crippen LogP contribution >= 0.6 is 0 Å². The minimum atomic E-state index is -0.492. The van der Waals surface area contributed by atoms with Gasteiger partial charge in [0, 0.05) is 24.4 Å². The van der Waals surface area contributed by atoms with Gasteiger partial charge in [0.2, 0.25) is 0 Å². The number of amides is 1. The zero-order chi connectivity index (χ0) is 20.9. The predicted octanol–water partition coefficient (Wildman–Crippen LogP) is 2.90. The van der Waals surface area contributed by atoms with Crippen molar-refractivity contribution in [2.75, 3.05) is 7.11 Å². The molecule has 1 fully saturated rings. The molecule has 1 saturated carbocycles. The highest BCUT2D eigenvalue weighted by atomic mass is 16.5. The molecule has 0 spiro atoms. The van der Waals surface area contributed by atoms with Crippen LogP contribution in [0.25, 0.3) is 5.69 Å². The summed E-state index contributed by atoms with van der Waals surface area (Å²) >= 11 is 0. The summed E-state index contributed by atoms with van der Waals surface area (Å²) < 4.78 is 7.26. The first-order valence-corrected chi connectivity index (χ1v) is 10.2. The van der Waals surface area contributed by atoms with E-state index in [1.165, 1.54) is 0 Å². The van der Waals surface area contributed by atoms with Crippen molar-refractivity contribution in [3.05, 3.63) is 71.8 Å². The Labute approximate surface area is 175 Å². The third-order valence-corrected chi connectivity index (χ3v) is 5.55. The van der Waals surface area contributed by atoms with E-state index in [9.17, 15) is 9.90 Å². The standard InChI is InChI=1S/C23H26N4O3/c1-30-22-15-24-20(23(29)26-19-5-2-3-6-21(19)28)14-17(22)13-16-7-9-18(10-8-16)27-12-4-11-25-27/h4,7-12,14-15,19,21,28H,2-3,5-6,13H2,1H3,(H,26,29)/t19-,21-/m0/s1. The molecule has 4 rings (SSSR count). The first-order valence-electron chi connectivity index (χ1n) is 10.2. The van der Waals surface area contributed by atoms with Crippen molar-refractivity contribution in [3.8, 4) is 11.4 Å². The lowest BCUT2D eigenvalue weighted by molar-refractivity contribution is 0.0713. The molecule has 2 aromatic heterocycles. The number of ether oxygens (including phenoxy) is 1. The molecule has 156 valence electrons. The SMILES string of the molecule is COc1cnc(C(=O)N[C@H]2CCCC[C@@H]2O)cc1Cc1ccc(-n2cccn2)cc1. The van der Waals surface area contributed by atoms with E-state index in [0.29, 0.717) is 17.9 Å². The van der Waals surface area contributed by atoms with Crippen LogP contribution in [0, 0.1) is 0 Å². The maximum Gasteiger partial charge on any atom is 0.270 e. The van der Waals surface area contributed by atoms with Crippen LogP contribution in [0.5, 0.6) is 5.75 Å². The second-order valence-electron chi connectivity index (χ2n) is 7.61. The molecule has 1 aliphatic carbocycles. The number of rotatable bonds is 6. The summed E-state index contributed by atoms with van der Waals surface area (Å²) in [5.41, 5.74) is 3.28. The smallest absolute Gasteiger partial charge is 0.270 e. The lowest BCUT2D eigenvalue weighted by Crippen LogP contribution is -2.45. The molecular weight excluding hydrogens is 380 g/mol. The quantitative estimate of drug-likeness (QED) is 0.657. The molecule has 1 amide bonds. The second kappa shape index (κ2) is 9.09. The third-order valence-electron chi connectivity index (χ3n) is 5.55. The Morgan fingerprint density at radius 2 is 2.07 bits per heavy atom. The Morgan fingerprint density at radius 1 is 1.27 bits per heavy atom. The molecule has 0 bridgehead atoms. The van der Waals surface area contributed by atoms with Crippen molar-refractivity contribution >= 4 is 5.91 Å². The van der Waals surface area contributed by atoms with Gasteiger partial charge >= 0.3 is 0 Å². The first-order chi connectivity index (χ1) is 14.6. The zero-order valence-corrected chi connectivity index (χ0v) is 17.0. The molecule has 2 N–H and O–H groups in total. The van der Waals surface area contributed by atoms with Crippen LogP contribution in [0.1, 0.15) is 47.3 Å². The average Bonchev–Trinajstić information content (AvgIpc) is 3.31. The van der Waals surface area contributed by atoms with Gasteiger partial charge in [-0.25, -0.2) is 9.67 Å². The molecular formula is C23H26N4O3. The number of nitrogens with one attached hydrogen (secondary N) is 1. The molecule has 0 unspecified atom stereocenters. The number of pyridine rings is 1. The van der Waals surface area contributed by atoms with Gasteiger partial charge in [0.05, 0.1) is 31.1 Å². The maximum absolute atomic E-state index is 12.7. The summed E-state index contributed by atoms with van der Waals surface area (Å²) in [6.07, 6.45) is 8.86. The Bertz CT molecular complexity index is 986. The lowest BCUT2D eigenvalue weighted by Gasteiger charge is -2.28. The van der Waals surface area contributed by atoms with E-state index in [1.807, 2.05) is 36.5 Å². The van der Waals surface area contributed by atoms with E-state index >= 15 is 0 Å². The number of hydrogen-bond acceptors (Lipinski definition) is 5. The number of aliphatic hydroxyl groups excluding tert-OH is 1. The van der Waals surface area contributed by atoms with Crippen molar-refractivity contribution in [1.29, 1.82) is 0 Å². The van der Waals surface area contributed by atoms with Gasteiger partial charge in [-0.05, 0) is 42.7 Å². The molecule has 3 aromatic rings. The Morgan fingerprint density at radius 3 is 2.77 bits per heavy atom. The summed E-state index contributed by atoms with van der Waals surface area (Å²) in [6.45, 7) is 0. The molecule has 1 aromatic carbocycles. The summed E-state index contributed by atoms with van der Waals surface area (Å²) in [5, 5.41) is 17.3. The van der Waals surface area contributed by atoms with Gasteiger partial charge in [-0.2, -0.15) is 5.10 Å². The highest BCUT2D eigenvalue weighted by molar-refractivity contribution is 5.92. The minimum absolute atomic E-state index is 0.214. The number of methoxy groups -OCH3 is 1. The Balaban J connectivity index is 1.50. The molecule has 1 aliphatic rings. The van der Waals surface area contributed by atoms with Gasteiger partial charge in [-0.1, -0.05) is 25.0 Å². The van der Waals surface area contributed by atoms with Gasteiger partial charge < -0.3 is 15.2 Å². The summed E-state index contributed by atoms with van der Waals surface area (Å²) in [6, 6.07) is 11.5. The van der Waals surface area contributed by atoms with E-state index < -0.39 is 6.10 Å². The predicted molar refractivity (Wildman–Crippen MR) is 113 cm³/mol. The van der Waals surface area contributed by atoms with Gasteiger partial charge in [0.25, 0.3) is 5.91 Å². The van der Waals surface area contributed by atoms with Gasteiger partial charge in [-0.3, -0.25) is 4.79 Å². The summed E-state index contributed by atoms with van der Waals surface area (Å²) in [7, 11) is 1.60. The van der Waals surface area contributed by atoms with Crippen molar-refractivity contribution in [1.82, 2.24) is 20.1 Å². The van der Waals surface area contributed by atoms with Crippen molar-refractivity contribution < 1.29 is 14.6 Å². The summed E-state index contributed by atoms with van der Waals surface area (Å²) in [5.74, 6) is 0.374. The number of aromatic nitrogens is 3. The molecule has 0 saturated heterocycles. The van der Waals surface area contributed by atoms with Crippen LogP contribution in [0.4, 0.5) is 0 Å². The fourth-order valence-electron chi connectivity index (χ4n) is 3.86. The minimum Gasteiger partial charge on any atom is -0.495 e. The molecule has 2 heterocycles. The van der Waals surface area contributed by atoms with Crippen LogP contribution in [-0.4, -0.2) is 45.0 Å². The highest BCUT2D eigenvalue weighted by Gasteiger charge is 2.25. The largest absolute Gasteiger partial charge is 0.495 e. The van der Waals surface area contributed by atoms with Crippen LogP contribution in [-0.2, 0) is 6.42 Å². The van der Waals surface area contributed by atoms with Crippen LogP contribution in [0.15, 0.2) is 55.0 Å². The van der Waals surface area contributed by atoms with Crippen LogP contribution in [0.2, 0.25) is 0 Å². The number of aliphatic hydroxyl groups is 1. The molecule has 7 nitrogen and oxygen atoms in total. The zero-order valence-electron chi connectivity index (χ0n) is 17.0. The van der Waals surface area contributed by atoms with Crippen molar-refractivity contribution in [3.63, 3.8) is 0 Å². The normalized spacial score (nSPS) is 18.7. The van der Waals surface area contributed by atoms with Gasteiger partial charge in [0.1, 0.15) is 11.4 Å². The number of carbonyl (C=O) groups excluding carboxylic acids is 1. The third kappa shape index (κ3) is 4.52. The summed E-state index contributed by atoms with van der Waals surface area (Å²) in [4.78, 5) is 17.0. The fourth-order valence-corrected chi connectivity index (χ4v) is 3.86. The fraction of sp³-hybridized carbons (Fsp3) is 0.348. The maximum atomic E-state index is 12.7. The van der Waals surface area contributed by atoms with Crippen molar-refractivity contribution in [2.45, 2.75) is 44.2 Å². The number of benzene rings is 1. The first kappa shape index (κ1) is 20.1. The van der Waals surface area contributed by atoms with E-state index in [4.69, 9.17) is 4.74 Å². The van der Waals surface area contributed by atoms with Crippen molar-refractivity contribution in [2.24, 2.45) is 0 Å². The van der Waals surface area contributed by atoms with Crippen LogP contribution in [0.3, 0.4) is 0 Å². The Kier molecular flexibility index (Phi) is 6.09. The highest BCUT2D eigenvalue weighted by Crippen LogP contribution is 2.23. The molecule has 7 heteroatoms. The molecule has 0 radical (unpaired) electrons. The van der Waals surface area contributed by atoms with Crippen LogP contribution < -0.4 is 10.1 Å². The number of hydrogen-bond donors (Lipinski definition) is 2. The molecule has 30 heavy (non-hydrogen) atoms. The second-order valence-corrected chi connectivity index (χ2v) is 7.61. The van der Waals surface area contributed by atoms with E-state index in [1.54, 1.807) is 30.3 Å². The number of nitrogens with zero attached hydrogens (tertiary/aromatic N) is 3. The van der Waals surface area contributed by atoms with E-state index in [-0.39, 0.29) is 11.9 Å². The van der Waals surface area contributed by atoms with E-state index in [2.05, 4.69) is 15.4 Å². The van der Waals surface area contributed by atoms with E-state index in [0.717, 1.165) is 42.5 Å². The lowest BCUT2D eigenvalue weighted by atomic mass is 9.92. The number of carbonyl (C=O) groups is 1.